The zero-order valence-electron chi connectivity index (χ0n) is 12.0. The van der Waals surface area contributed by atoms with Gasteiger partial charge in [0, 0.05) is 36.3 Å². The van der Waals surface area contributed by atoms with Crippen molar-refractivity contribution in [1.29, 1.82) is 0 Å². The van der Waals surface area contributed by atoms with Gasteiger partial charge in [0.05, 0.1) is 12.2 Å². The summed E-state index contributed by atoms with van der Waals surface area (Å²) in [6, 6.07) is 4.21. The van der Waals surface area contributed by atoms with E-state index in [1.54, 1.807) is 12.4 Å². The first kappa shape index (κ1) is 13.4. The Kier molecular flexibility index (Phi) is 3.68. The lowest BCUT2D eigenvalue weighted by molar-refractivity contribution is 0.469. The van der Waals surface area contributed by atoms with E-state index >= 15 is 0 Å². The third-order valence-electron chi connectivity index (χ3n) is 3.42. The van der Waals surface area contributed by atoms with E-state index in [9.17, 15) is 0 Å². The molecule has 0 saturated heterocycles. The van der Waals surface area contributed by atoms with Crippen LogP contribution < -0.4 is 0 Å². The molecule has 1 unspecified atom stereocenters. The maximum Gasteiger partial charge on any atom is 0.116 e. The molecule has 0 amide bonds. The van der Waals surface area contributed by atoms with Crippen LogP contribution in [0.1, 0.15) is 24.2 Å². The number of hydrogen-bond acceptors (Lipinski definition) is 5. The predicted molar refractivity (Wildman–Crippen MR) is 78.4 cm³/mol. The molecule has 21 heavy (non-hydrogen) atoms. The second kappa shape index (κ2) is 5.78. The molecular formula is C15H16N6. The molecule has 0 fully saturated rings. The summed E-state index contributed by atoms with van der Waals surface area (Å²) in [7, 11) is 0. The van der Waals surface area contributed by atoms with Crippen molar-refractivity contribution < 1.29 is 0 Å². The summed E-state index contributed by atoms with van der Waals surface area (Å²) in [5, 5.41) is 8.39. The van der Waals surface area contributed by atoms with Crippen molar-refractivity contribution >= 4 is 0 Å². The molecule has 3 aromatic heterocycles. The monoisotopic (exact) mass is 280 g/mol. The molecule has 0 saturated carbocycles. The van der Waals surface area contributed by atoms with Gasteiger partial charge in [-0.2, -0.15) is 0 Å². The van der Waals surface area contributed by atoms with Crippen LogP contribution in [0.2, 0.25) is 0 Å². The smallest absolute Gasteiger partial charge is 0.116 e. The molecule has 1 atom stereocenters. The van der Waals surface area contributed by atoms with Crippen molar-refractivity contribution in [3.05, 3.63) is 54.5 Å². The number of aryl methyl sites for hydroxylation is 1. The largest absolute Gasteiger partial charge is 0.261 e. The number of rotatable bonds is 4. The fourth-order valence-corrected chi connectivity index (χ4v) is 2.16. The Bertz CT molecular complexity index is 722. The molecule has 0 radical (unpaired) electrons. The van der Waals surface area contributed by atoms with E-state index < -0.39 is 0 Å². The SMILES string of the molecule is Cc1cccnc1CC(C)n1cc(-c2cncnc2)nn1. The van der Waals surface area contributed by atoms with Gasteiger partial charge in [0.1, 0.15) is 12.0 Å². The van der Waals surface area contributed by atoms with Gasteiger partial charge in [-0.1, -0.05) is 11.3 Å². The molecule has 0 aliphatic heterocycles. The first-order chi connectivity index (χ1) is 10.2. The van der Waals surface area contributed by atoms with E-state index in [4.69, 9.17) is 0 Å². The first-order valence-electron chi connectivity index (χ1n) is 6.82. The van der Waals surface area contributed by atoms with Crippen molar-refractivity contribution in [2.75, 3.05) is 0 Å². The molecule has 0 bridgehead atoms. The summed E-state index contributed by atoms with van der Waals surface area (Å²) in [5.41, 5.74) is 3.93. The predicted octanol–water partition coefficient (Wildman–Crippen LogP) is 2.24. The van der Waals surface area contributed by atoms with Gasteiger partial charge in [0.25, 0.3) is 0 Å². The molecule has 6 heteroatoms. The van der Waals surface area contributed by atoms with Gasteiger partial charge in [-0.15, -0.1) is 5.10 Å². The lowest BCUT2D eigenvalue weighted by Gasteiger charge is -2.12. The highest BCUT2D eigenvalue weighted by Crippen LogP contribution is 2.18. The number of aromatic nitrogens is 6. The van der Waals surface area contributed by atoms with E-state index in [-0.39, 0.29) is 6.04 Å². The molecule has 3 aromatic rings. The third kappa shape index (κ3) is 2.94. The fraction of sp³-hybridized carbons (Fsp3) is 0.267. The lowest BCUT2D eigenvalue weighted by atomic mass is 10.1. The maximum atomic E-state index is 4.43. The molecule has 0 spiro atoms. The van der Waals surface area contributed by atoms with Crippen LogP contribution in [0.25, 0.3) is 11.3 Å². The summed E-state index contributed by atoms with van der Waals surface area (Å²) >= 11 is 0. The minimum atomic E-state index is 0.185. The minimum absolute atomic E-state index is 0.185. The van der Waals surface area contributed by atoms with Crippen LogP contribution in [-0.4, -0.2) is 29.9 Å². The molecule has 0 aliphatic rings. The normalized spacial score (nSPS) is 12.3. The molecule has 106 valence electrons. The van der Waals surface area contributed by atoms with Crippen molar-refractivity contribution in [2.24, 2.45) is 0 Å². The van der Waals surface area contributed by atoms with Crippen LogP contribution in [0.3, 0.4) is 0 Å². The highest BCUT2D eigenvalue weighted by molar-refractivity contribution is 5.54. The van der Waals surface area contributed by atoms with Crippen molar-refractivity contribution in [3.63, 3.8) is 0 Å². The van der Waals surface area contributed by atoms with E-state index in [1.807, 2.05) is 23.1 Å². The van der Waals surface area contributed by atoms with E-state index in [2.05, 4.69) is 45.2 Å². The molecule has 3 rings (SSSR count). The molecule has 0 aromatic carbocycles. The van der Waals surface area contributed by atoms with Crippen LogP contribution in [0.15, 0.2) is 43.2 Å². The zero-order chi connectivity index (χ0) is 14.7. The van der Waals surface area contributed by atoms with Crippen LogP contribution in [0.4, 0.5) is 0 Å². The van der Waals surface area contributed by atoms with Crippen LogP contribution >= 0.6 is 0 Å². The summed E-state index contributed by atoms with van der Waals surface area (Å²) < 4.78 is 1.86. The Hall–Kier alpha value is -2.63. The molecule has 0 aliphatic carbocycles. The van der Waals surface area contributed by atoms with Crippen molar-refractivity contribution in [2.45, 2.75) is 26.3 Å². The van der Waals surface area contributed by atoms with Gasteiger partial charge >= 0.3 is 0 Å². The van der Waals surface area contributed by atoms with Crippen molar-refractivity contribution in [3.8, 4) is 11.3 Å². The summed E-state index contributed by atoms with van der Waals surface area (Å²) in [6.07, 6.45) is 9.52. The van der Waals surface area contributed by atoms with Crippen LogP contribution in [0.5, 0.6) is 0 Å². The second-order valence-electron chi connectivity index (χ2n) is 5.03. The third-order valence-corrected chi connectivity index (χ3v) is 3.42. The topological polar surface area (TPSA) is 69.4 Å². The summed E-state index contributed by atoms with van der Waals surface area (Å²) in [6.45, 7) is 4.18. The fourth-order valence-electron chi connectivity index (χ4n) is 2.16. The Morgan fingerprint density at radius 2 is 2.05 bits per heavy atom. The Balaban J connectivity index is 1.79. The molecule has 0 N–H and O–H groups in total. The first-order valence-corrected chi connectivity index (χ1v) is 6.82. The van der Waals surface area contributed by atoms with Gasteiger partial charge in [-0.05, 0) is 25.5 Å². The van der Waals surface area contributed by atoms with Gasteiger partial charge in [0.15, 0.2) is 0 Å². The second-order valence-corrected chi connectivity index (χ2v) is 5.03. The highest BCUT2D eigenvalue weighted by atomic mass is 15.4. The Labute approximate surface area is 122 Å². The minimum Gasteiger partial charge on any atom is -0.261 e. The van der Waals surface area contributed by atoms with Crippen LogP contribution in [0, 0.1) is 6.92 Å². The Morgan fingerprint density at radius 1 is 1.24 bits per heavy atom. The standard InChI is InChI=1S/C15H16N6/c1-11-4-3-5-18-14(11)6-12(2)21-9-15(19-20-21)13-7-16-10-17-8-13/h3-5,7-10,12H,6H2,1-2H3. The van der Waals surface area contributed by atoms with Crippen molar-refractivity contribution in [1.82, 2.24) is 29.9 Å². The van der Waals surface area contributed by atoms with Crippen LogP contribution in [-0.2, 0) is 6.42 Å². The maximum absolute atomic E-state index is 4.43. The van der Waals surface area contributed by atoms with E-state index in [0.29, 0.717) is 0 Å². The molecular weight excluding hydrogens is 264 g/mol. The molecule has 3 heterocycles. The van der Waals surface area contributed by atoms with Gasteiger partial charge in [-0.3, -0.25) is 4.98 Å². The number of pyridine rings is 1. The van der Waals surface area contributed by atoms with Gasteiger partial charge in [-0.25, -0.2) is 14.6 Å². The van der Waals surface area contributed by atoms with E-state index in [1.165, 1.54) is 11.9 Å². The number of nitrogens with zero attached hydrogens (tertiary/aromatic N) is 6. The average molecular weight is 280 g/mol. The zero-order valence-corrected chi connectivity index (χ0v) is 12.0. The van der Waals surface area contributed by atoms with Gasteiger partial charge < -0.3 is 0 Å². The summed E-state index contributed by atoms with van der Waals surface area (Å²) in [4.78, 5) is 12.4. The quantitative estimate of drug-likeness (QED) is 0.733. The average Bonchev–Trinajstić information content (AvgIpc) is 3.00. The Morgan fingerprint density at radius 3 is 2.81 bits per heavy atom. The number of hydrogen-bond donors (Lipinski definition) is 0. The summed E-state index contributed by atoms with van der Waals surface area (Å²) in [5.74, 6) is 0. The highest BCUT2D eigenvalue weighted by Gasteiger charge is 2.12. The lowest BCUT2D eigenvalue weighted by Crippen LogP contribution is -2.10. The van der Waals surface area contributed by atoms with E-state index in [0.717, 1.165) is 23.4 Å². The molecule has 6 nitrogen and oxygen atoms in total. The van der Waals surface area contributed by atoms with Gasteiger partial charge in [0.2, 0.25) is 0 Å².